The summed E-state index contributed by atoms with van der Waals surface area (Å²) in [5.74, 6) is -0.143. The van der Waals surface area contributed by atoms with Crippen molar-refractivity contribution >= 4 is 33.4 Å². The minimum Gasteiger partial charge on any atom is -0.478 e. The lowest BCUT2D eigenvalue weighted by Gasteiger charge is -2.11. The number of hydrogen-bond donors (Lipinski definition) is 2. The van der Waals surface area contributed by atoms with E-state index in [4.69, 9.17) is 0 Å². The van der Waals surface area contributed by atoms with E-state index in [1.807, 2.05) is 24.3 Å². The molecule has 0 heterocycles. The minimum atomic E-state index is -3.89. The highest BCUT2D eigenvalue weighted by molar-refractivity contribution is 7.99. The molecule has 0 atom stereocenters. The molecule has 0 amide bonds. The Balaban J connectivity index is 1.80. The van der Waals surface area contributed by atoms with Gasteiger partial charge in [0.15, 0.2) is 0 Å². The maximum atomic E-state index is 12.6. The van der Waals surface area contributed by atoms with Gasteiger partial charge in [-0.15, -0.1) is 11.8 Å². The fourth-order valence-electron chi connectivity index (χ4n) is 2.85. The summed E-state index contributed by atoms with van der Waals surface area (Å²) in [4.78, 5) is 12.4. The van der Waals surface area contributed by atoms with Gasteiger partial charge in [0.05, 0.1) is 10.5 Å². The van der Waals surface area contributed by atoms with Crippen LogP contribution in [0.1, 0.15) is 22.8 Å². The van der Waals surface area contributed by atoms with E-state index in [9.17, 15) is 18.3 Å². The standard InChI is InChI=1S/C22H21NO4S2/c1-3-28-19-11-7-17(8-12-19)16-5-9-18(10-6-16)23-29(26,27)20-13-4-15(2)21(14-20)22(24)25/h4-14,23H,3H2,1-2H3,(H,24,25). The maximum absolute atomic E-state index is 12.6. The summed E-state index contributed by atoms with van der Waals surface area (Å²) in [6, 6.07) is 19.3. The molecule has 0 aromatic heterocycles. The van der Waals surface area contributed by atoms with Crippen LogP contribution in [0.2, 0.25) is 0 Å². The van der Waals surface area contributed by atoms with Gasteiger partial charge in [0.25, 0.3) is 10.0 Å². The summed E-state index contributed by atoms with van der Waals surface area (Å²) in [6.07, 6.45) is 0. The van der Waals surface area contributed by atoms with E-state index < -0.39 is 16.0 Å². The molecular weight excluding hydrogens is 406 g/mol. The van der Waals surface area contributed by atoms with Crippen LogP contribution < -0.4 is 4.72 Å². The highest BCUT2D eigenvalue weighted by Gasteiger charge is 2.18. The van der Waals surface area contributed by atoms with Crippen molar-refractivity contribution in [3.63, 3.8) is 0 Å². The molecule has 0 unspecified atom stereocenters. The van der Waals surface area contributed by atoms with Gasteiger partial charge < -0.3 is 5.11 Å². The number of thioether (sulfide) groups is 1. The fourth-order valence-corrected chi connectivity index (χ4v) is 4.60. The van der Waals surface area contributed by atoms with E-state index in [1.165, 1.54) is 23.1 Å². The van der Waals surface area contributed by atoms with Crippen LogP contribution in [0.25, 0.3) is 11.1 Å². The molecule has 0 spiro atoms. The monoisotopic (exact) mass is 427 g/mol. The molecule has 3 aromatic rings. The molecule has 0 saturated heterocycles. The largest absolute Gasteiger partial charge is 0.478 e. The molecule has 5 nitrogen and oxygen atoms in total. The topological polar surface area (TPSA) is 83.5 Å². The first kappa shape index (κ1) is 21.0. The van der Waals surface area contributed by atoms with Gasteiger partial charge >= 0.3 is 5.97 Å². The normalized spacial score (nSPS) is 11.2. The van der Waals surface area contributed by atoms with Crippen molar-refractivity contribution in [1.82, 2.24) is 0 Å². The zero-order valence-electron chi connectivity index (χ0n) is 16.0. The van der Waals surface area contributed by atoms with Crippen LogP contribution in [-0.4, -0.2) is 25.2 Å². The van der Waals surface area contributed by atoms with Crippen LogP contribution in [0, 0.1) is 6.92 Å². The number of sulfonamides is 1. The predicted molar refractivity (Wildman–Crippen MR) is 117 cm³/mol. The number of aryl methyl sites for hydroxylation is 1. The third-order valence-electron chi connectivity index (χ3n) is 4.39. The third-order valence-corrected chi connectivity index (χ3v) is 6.66. The second kappa shape index (κ2) is 8.71. The van der Waals surface area contributed by atoms with E-state index in [-0.39, 0.29) is 10.5 Å². The molecule has 0 saturated carbocycles. The van der Waals surface area contributed by atoms with Crippen LogP contribution in [0.4, 0.5) is 5.69 Å². The zero-order chi connectivity index (χ0) is 21.0. The Bertz CT molecular complexity index is 1120. The molecule has 0 bridgehead atoms. The van der Waals surface area contributed by atoms with E-state index in [1.54, 1.807) is 30.8 Å². The first-order chi connectivity index (χ1) is 13.8. The molecule has 0 radical (unpaired) electrons. The molecule has 29 heavy (non-hydrogen) atoms. The number of carboxylic acid groups (broad SMARTS) is 1. The van der Waals surface area contributed by atoms with Gasteiger partial charge in [-0.3, -0.25) is 4.72 Å². The molecule has 7 heteroatoms. The number of carbonyl (C=O) groups is 1. The third kappa shape index (κ3) is 4.99. The number of aromatic carboxylic acids is 1. The highest BCUT2D eigenvalue weighted by Crippen LogP contribution is 2.26. The van der Waals surface area contributed by atoms with Crippen molar-refractivity contribution < 1.29 is 18.3 Å². The quantitative estimate of drug-likeness (QED) is 0.502. The molecular formula is C22H21NO4S2. The van der Waals surface area contributed by atoms with E-state index in [0.29, 0.717) is 11.3 Å². The smallest absolute Gasteiger partial charge is 0.335 e. The molecule has 2 N–H and O–H groups in total. The average Bonchev–Trinajstić information content (AvgIpc) is 2.69. The van der Waals surface area contributed by atoms with Gasteiger partial charge in [-0.2, -0.15) is 0 Å². The van der Waals surface area contributed by atoms with E-state index in [2.05, 4.69) is 23.8 Å². The first-order valence-electron chi connectivity index (χ1n) is 9.00. The fraction of sp³-hybridized carbons (Fsp3) is 0.136. The van der Waals surface area contributed by atoms with E-state index in [0.717, 1.165) is 16.9 Å². The molecule has 0 aliphatic rings. The molecule has 0 aliphatic carbocycles. The summed E-state index contributed by atoms with van der Waals surface area (Å²) >= 11 is 1.78. The van der Waals surface area contributed by atoms with Crippen LogP contribution in [0.3, 0.4) is 0 Å². The Kier molecular flexibility index (Phi) is 6.30. The van der Waals surface area contributed by atoms with Gasteiger partial charge in [0.1, 0.15) is 0 Å². The highest BCUT2D eigenvalue weighted by atomic mass is 32.2. The van der Waals surface area contributed by atoms with Crippen molar-refractivity contribution in [1.29, 1.82) is 0 Å². The molecule has 3 aromatic carbocycles. The summed E-state index contributed by atoms with van der Waals surface area (Å²) < 4.78 is 27.8. The van der Waals surface area contributed by atoms with Gasteiger partial charge in [-0.05, 0) is 65.8 Å². The summed E-state index contributed by atoms with van der Waals surface area (Å²) in [7, 11) is -3.89. The SMILES string of the molecule is CCSc1ccc(-c2ccc(NS(=O)(=O)c3ccc(C)c(C(=O)O)c3)cc2)cc1. The van der Waals surface area contributed by atoms with Gasteiger partial charge in [-0.1, -0.05) is 37.3 Å². The van der Waals surface area contributed by atoms with Crippen LogP contribution in [-0.2, 0) is 10.0 Å². The summed E-state index contributed by atoms with van der Waals surface area (Å²) in [6.45, 7) is 3.73. The van der Waals surface area contributed by atoms with Crippen molar-refractivity contribution in [3.8, 4) is 11.1 Å². The summed E-state index contributed by atoms with van der Waals surface area (Å²) in [5, 5.41) is 9.21. The van der Waals surface area contributed by atoms with Crippen LogP contribution >= 0.6 is 11.8 Å². The Morgan fingerprint density at radius 1 is 0.966 bits per heavy atom. The Labute approximate surface area is 174 Å². The Hall–Kier alpha value is -2.77. The van der Waals surface area contributed by atoms with Crippen molar-refractivity contribution in [2.75, 3.05) is 10.5 Å². The molecule has 0 fully saturated rings. The van der Waals surface area contributed by atoms with Crippen LogP contribution in [0.15, 0.2) is 76.5 Å². The van der Waals surface area contributed by atoms with Crippen molar-refractivity contribution in [2.24, 2.45) is 0 Å². The van der Waals surface area contributed by atoms with Crippen LogP contribution in [0.5, 0.6) is 0 Å². The number of hydrogen-bond acceptors (Lipinski definition) is 4. The first-order valence-corrected chi connectivity index (χ1v) is 11.5. The van der Waals surface area contributed by atoms with E-state index >= 15 is 0 Å². The second-order valence-electron chi connectivity index (χ2n) is 6.42. The predicted octanol–water partition coefficient (Wildman–Crippen LogP) is 5.27. The lowest BCUT2D eigenvalue weighted by molar-refractivity contribution is 0.0696. The second-order valence-corrected chi connectivity index (χ2v) is 9.44. The number of rotatable bonds is 7. The number of benzene rings is 3. The number of anilines is 1. The zero-order valence-corrected chi connectivity index (χ0v) is 17.7. The van der Waals surface area contributed by atoms with Gasteiger partial charge in [0, 0.05) is 10.6 Å². The average molecular weight is 428 g/mol. The Morgan fingerprint density at radius 2 is 1.55 bits per heavy atom. The van der Waals surface area contributed by atoms with Gasteiger partial charge in [-0.25, -0.2) is 13.2 Å². The summed E-state index contributed by atoms with van der Waals surface area (Å²) in [5.41, 5.74) is 2.90. The number of nitrogens with one attached hydrogen (secondary N) is 1. The minimum absolute atomic E-state index is 0.0343. The lowest BCUT2D eigenvalue weighted by atomic mass is 10.1. The molecule has 0 aliphatic heterocycles. The Morgan fingerprint density at radius 3 is 2.10 bits per heavy atom. The number of carboxylic acids is 1. The lowest BCUT2D eigenvalue weighted by Crippen LogP contribution is -2.14. The molecule has 3 rings (SSSR count). The molecule has 150 valence electrons. The van der Waals surface area contributed by atoms with Crippen molar-refractivity contribution in [3.05, 3.63) is 77.9 Å². The van der Waals surface area contributed by atoms with Crippen molar-refractivity contribution in [2.45, 2.75) is 23.6 Å². The maximum Gasteiger partial charge on any atom is 0.335 e. The van der Waals surface area contributed by atoms with Gasteiger partial charge in [0.2, 0.25) is 0 Å².